The van der Waals surface area contributed by atoms with E-state index in [9.17, 15) is 8.42 Å². The lowest BCUT2D eigenvalue weighted by molar-refractivity contribution is 0.411. The number of sulfonamides is 1. The van der Waals surface area contributed by atoms with Crippen LogP contribution in [0.4, 0.5) is 0 Å². The van der Waals surface area contributed by atoms with E-state index in [0.29, 0.717) is 5.75 Å². The van der Waals surface area contributed by atoms with Crippen molar-refractivity contribution in [2.45, 2.75) is 25.3 Å². The largest absolute Gasteiger partial charge is 0.496 e. The van der Waals surface area contributed by atoms with Crippen molar-refractivity contribution in [1.82, 2.24) is 9.71 Å². The molecule has 1 N–H and O–H groups in total. The molecule has 108 valence electrons. The Kier molecular flexibility index (Phi) is 4.42. The minimum atomic E-state index is -3.52. The predicted molar refractivity (Wildman–Crippen MR) is 78.6 cm³/mol. The van der Waals surface area contributed by atoms with Crippen molar-refractivity contribution in [1.29, 1.82) is 0 Å². The van der Waals surface area contributed by atoms with Crippen molar-refractivity contribution in [3.8, 4) is 5.75 Å². The molecule has 1 aromatic heterocycles. The number of ether oxygens (including phenoxy) is 1. The summed E-state index contributed by atoms with van der Waals surface area (Å²) in [6.07, 6.45) is 1.68. The van der Waals surface area contributed by atoms with Crippen LogP contribution in [-0.2, 0) is 16.6 Å². The number of nitrogens with zero attached hydrogens (tertiary/aromatic N) is 1. The van der Waals surface area contributed by atoms with E-state index in [0.717, 1.165) is 15.4 Å². The maximum Gasteiger partial charge on any atom is 0.240 e. The molecule has 0 aliphatic rings. The van der Waals surface area contributed by atoms with Gasteiger partial charge in [0, 0.05) is 17.6 Å². The number of aryl methyl sites for hydroxylation is 2. The number of methoxy groups -OCH3 is 1. The molecule has 0 saturated carbocycles. The van der Waals surface area contributed by atoms with E-state index in [1.165, 1.54) is 17.4 Å². The van der Waals surface area contributed by atoms with Gasteiger partial charge in [0.2, 0.25) is 10.0 Å². The molecule has 0 unspecified atom stereocenters. The maximum absolute atomic E-state index is 12.2. The molecule has 0 atom stereocenters. The average Bonchev–Trinajstić information content (AvgIpc) is 2.82. The van der Waals surface area contributed by atoms with Gasteiger partial charge in [-0.25, -0.2) is 18.1 Å². The van der Waals surface area contributed by atoms with Crippen molar-refractivity contribution >= 4 is 21.4 Å². The monoisotopic (exact) mass is 312 g/mol. The molecule has 0 radical (unpaired) electrons. The summed E-state index contributed by atoms with van der Waals surface area (Å²) in [5.41, 5.74) is 0.781. The Morgan fingerprint density at radius 1 is 1.35 bits per heavy atom. The first-order valence-electron chi connectivity index (χ1n) is 5.98. The average molecular weight is 312 g/mol. The van der Waals surface area contributed by atoms with Crippen LogP contribution in [0.3, 0.4) is 0 Å². The fraction of sp³-hybridized carbons (Fsp3) is 0.308. The van der Waals surface area contributed by atoms with Gasteiger partial charge in [-0.15, -0.1) is 11.3 Å². The molecule has 0 spiro atoms. The van der Waals surface area contributed by atoms with Crippen LogP contribution in [0.25, 0.3) is 0 Å². The summed E-state index contributed by atoms with van der Waals surface area (Å²) < 4.78 is 32.1. The molecule has 0 bridgehead atoms. The van der Waals surface area contributed by atoms with E-state index in [1.807, 2.05) is 13.8 Å². The first kappa shape index (κ1) is 15.0. The summed E-state index contributed by atoms with van der Waals surface area (Å²) in [5, 5.41) is 0.916. The second-order valence-electron chi connectivity index (χ2n) is 4.30. The summed E-state index contributed by atoms with van der Waals surface area (Å²) in [4.78, 5) is 5.21. The molecular weight excluding hydrogens is 296 g/mol. The molecular formula is C13H16N2O3S2. The maximum atomic E-state index is 12.2. The molecule has 1 heterocycles. The third-order valence-corrected chi connectivity index (χ3v) is 5.09. The smallest absolute Gasteiger partial charge is 0.240 e. The molecule has 1 aromatic carbocycles. The zero-order valence-electron chi connectivity index (χ0n) is 11.5. The second-order valence-corrected chi connectivity index (χ2v) is 7.39. The van der Waals surface area contributed by atoms with E-state index < -0.39 is 10.0 Å². The quantitative estimate of drug-likeness (QED) is 0.919. The number of benzene rings is 1. The molecule has 7 heteroatoms. The van der Waals surface area contributed by atoms with Crippen molar-refractivity contribution in [2.24, 2.45) is 0 Å². The first-order chi connectivity index (χ1) is 9.42. The van der Waals surface area contributed by atoms with Gasteiger partial charge in [0.05, 0.1) is 17.0 Å². The molecule has 2 aromatic rings. The van der Waals surface area contributed by atoms with Gasteiger partial charge in [0.15, 0.2) is 0 Å². The van der Waals surface area contributed by atoms with Crippen molar-refractivity contribution < 1.29 is 13.2 Å². The Balaban J connectivity index is 2.15. The van der Waals surface area contributed by atoms with E-state index in [2.05, 4.69) is 9.71 Å². The topological polar surface area (TPSA) is 68.3 Å². The van der Waals surface area contributed by atoms with Crippen molar-refractivity contribution in [2.75, 3.05) is 7.11 Å². The highest BCUT2D eigenvalue weighted by molar-refractivity contribution is 7.89. The number of hydrogen-bond donors (Lipinski definition) is 1. The van der Waals surface area contributed by atoms with E-state index in [-0.39, 0.29) is 11.4 Å². The lowest BCUT2D eigenvalue weighted by Gasteiger charge is -2.09. The van der Waals surface area contributed by atoms with Crippen LogP contribution in [0.5, 0.6) is 5.75 Å². The Bertz CT molecular complexity index is 708. The molecule has 0 saturated heterocycles. The number of rotatable bonds is 5. The lowest BCUT2D eigenvalue weighted by atomic mass is 10.2. The predicted octanol–water partition coefficient (Wildman–Crippen LogP) is 2.25. The highest BCUT2D eigenvalue weighted by Crippen LogP contribution is 2.21. The van der Waals surface area contributed by atoms with Crippen LogP contribution >= 0.6 is 11.3 Å². The van der Waals surface area contributed by atoms with Gasteiger partial charge in [0.1, 0.15) is 5.75 Å². The standard InChI is InChI=1S/C13H16N2O3S2/c1-9-6-12(4-5-13(9)18-3)20(16,17)15-8-11-7-14-10(2)19-11/h4-7,15H,8H2,1-3H3. The van der Waals surface area contributed by atoms with Gasteiger partial charge >= 0.3 is 0 Å². The molecule has 20 heavy (non-hydrogen) atoms. The summed E-state index contributed by atoms with van der Waals surface area (Å²) in [6, 6.07) is 4.78. The highest BCUT2D eigenvalue weighted by atomic mass is 32.2. The van der Waals surface area contributed by atoms with Gasteiger partial charge in [-0.3, -0.25) is 0 Å². The van der Waals surface area contributed by atoms with Gasteiger partial charge < -0.3 is 4.74 Å². The summed E-state index contributed by atoms with van der Waals surface area (Å²) >= 11 is 1.47. The zero-order valence-corrected chi connectivity index (χ0v) is 13.1. The summed E-state index contributed by atoms with van der Waals surface area (Å²) in [6.45, 7) is 3.94. The Labute approximate surface area is 122 Å². The molecule has 0 aliphatic heterocycles. The van der Waals surface area contributed by atoms with E-state index in [4.69, 9.17) is 4.74 Å². The Morgan fingerprint density at radius 2 is 2.10 bits per heavy atom. The third-order valence-electron chi connectivity index (χ3n) is 2.78. The number of aromatic nitrogens is 1. The lowest BCUT2D eigenvalue weighted by Crippen LogP contribution is -2.22. The van der Waals surface area contributed by atoms with Gasteiger partial charge in [-0.1, -0.05) is 0 Å². The highest BCUT2D eigenvalue weighted by Gasteiger charge is 2.15. The zero-order chi connectivity index (χ0) is 14.8. The third kappa shape index (κ3) is 3.36. The van der Waals surface area contributed by atoms with E-state index >= 15 is 0 Å². The SMILES string of the molecule is COc1ccc(S(=O)(=O)NCc2cnc(C)s2)cc1C. The molecule has 0 fully saturated rings. The Hall–Kier alpha value is -1.44. The number of hydrogen-bond acceptors (Lipinski definition) is 5. The number of nitrogens with one attached hydrogen (secondary N) is 1. The fourth-order valence-electron chi connectivity index (χ4n) is 1.75. The molecule has 2 rings (SSSR count). The minimum Gasteiger partial charge on any atom is -0.496 e. The number of thiazole rings is 1. The molecule has 0 amide bonds. The van der Waals surface area contributed by atoms with Gasteiger partial charge in [-0.05, 0) is 37.6 Å². The van der Waals surface area contributed by atoms with Crippen molar-refractivity contribution in [3.05, 3.63) is 39.8 Å². The van der Waals surface area contributed by atoms with Gasteiger partial charge in [-0.2, -0.15) is 0 Å². The van der Waals surface area contributed by atoms with Gasteiger partial charge in [0.25, 0.3) is 0 Å². The fourth-order valence-corrected chi connectivity index (χ4v) is 3.67. The van der Waals surface area contributed by atoms with Crippen LogP contribution in [0.2, 0.25) is 0 Å². The summed E-state index contributed by atoms with van der Waals surface area (Å²) in [5.74, 6) is 0.669. The molecule has 5 nitrogen and oxygen atoms in total. The second kappa shape index (κ2) is 5.90. The normalized spacial score (nSPS) is 11.6. The van der Waals surface area contributed by atoms with Crippen LogP contribution in [0.1, 0.15) is 15.4 Å². The Morgan fingerprint density at radius 3 is 2.65 bits per heavy atom. The van der Waals surface area contributed by atoms with Crippen LogP contribution in [0.15, 0.2) is 29.3 Å². The van der Waals surface area contributed by atoms with Crippen LogP contribution < -0.4 is 9.46 Å². The molecule has 0 aliphatic carbocycles. The van der Waals surface area contributed by atoms with E-state index in [1.54, 1.807) is 25.4 Å². The van der Waals surface area contributed by atoms with Crippen LogP contribution in [-0.4, -0.2) is 20.5 Å². The first-order valence-corrected chi connectivity index (χ1v) is 8.28. The van der Waals surface area contributed by atoms with Crippen LogP contribution in [0, 0.1) is 13.8 Å². The van der Waals surface area contributed by atoms with Crippen molar-refractivity contribution in [3.63, 3.8) is 0 Å². The summed E-state index contributed by atoms with van der Waals surface area (Å²) in [7, 11) is -1.97. The minimum absolute atomic E-state index is 0.233.